The van der Waals surface area contributed by atoms with Crippen LogP contribution in [-0.4, -0.2) is 15.0 Å². The predicted molar refractivity (Wildman–Crippen MR) is 151 cm³/mol. The molecule has 6 heteroatoms. The third-order valence-corrected chi connectivity index (χ3v) is 8.82. The molecular weight excluding hydrogens is 499 g/mol. The van der Waals surface area contributed by atoms with Crippen molar-refractivity contribution < 1.29 is 12.6 Å². The summed E-state index contributed by atoms with van der Waals surface area (Å²) in [5.74, 6) is 0. The summed E-state index contributed by atoms with van der Waals surface area (Å²) < 4.78 is 30.6. The van der Waals surface area contributed by atoms with Crippen molar-refractivity contribution in [2.45, 2.75) is 121 Å². The minimum absolute atomic E-state index is 0.0603. The third-order valence-electron chi connectivity index (χ3n) is 6.65. The number of unbranched alkanes of at least 4 members (excludes halogenated alkanes) is 16. The monoisotopic (exact) mass is 542 g/mol. The number of benzene rings is 2. The van der Waals surface area contributed by atoms with Gasteiger partial charge in [-0.25, -0.2) is 0 Å². The molecule has 0 spiro atoms. The van der Waals surface area contributed by atoms with Gasteiger partial charge in [0, 0.05) is 15.8 Å². The SMILES string of the molecule is CCCCCCCCCCCCCCCCCCCOS(=O)(=O)c1cc(Cl)c2ccccc2c1Cl. The number of fused-ring (bicyclic) bond motifs is 1. The predicted octanol–water partition coefficient (Wildman–Crippen LogP) is 10.5. The maximum absolute atomic E-state index is 12.7. The van der Waals surface area contributed by atoms with E-state index in [1.807, 2.05) is 12.1 Å². The molecule has 2 aromatic rings. The third kappa shape index (κ3) is 11.4. The average molecular weight is 544 g/mol. The highest BCUT2D eigenvalue weighted by Crippen LogP contribution is 2.36. The van der Waals surface area contributed by atoms with Crippen molar-refractivity contribution in [3.8, 4) is 0 Å². The fourth-order valence-electron chi connectivity index (χ4n) is 4.51. The molecule has 0 saturated heterocycles. The van der Waals surface area contributed by atoms with Crippen LogP contribution in [0.2, 0.25) is 10.0 Å². The molecule has 3 nitrogen and oxygen atoms in total. The van der Waals surface area contributed by atoms with E-state index in [0.717, 1.165) is 24.6 Å². The molecule has 0 aliphatic heterocycles. The van der Waals surface area contributed by atoms with Crippen molar-refractivity contribution in [1.82, 2.24) is 0 Å². The Morgan fingerprint density at radius 2 is 1.09 bits per heavy atom. The van der Waals surface area contributed by atoms with Gasteiger partial charge in [0.25, 0.3) is 10.1 Å². The van der Waals surface area contributed by atoms with Crippen LogP contribution in [0.1, 0.15) is 116 Å². The Balaban J connectivity index is 1.49. The molecule has 0 atom stereocenters. The molecule has 2 aromatic carbocycles. The summed E-state index contributed by atoms with van der Waals surface area (Å²) in [6, 6.07) is 8.61. The normalized spacial score (nSPS) is 12.0. The van der Waals surface area contributed by atoms with Crippen LogP contribution in [0.5, 0.6) is 0 Å². The Morgan fingerprint density at radius 3 is 1.57 bits per heavy atom. The van der Waals surface area contributed by atoms with Gasteiger partial charge in [-0.05, 0) is 12.5 Å². The van der Waals surface area contributed by atoms with Crippen LogP contribution in [0.4, 0.5) is 0 Å². The average Bonchev–Trinajstić information content (AvgIpc) is 2.85. The lowest BCUT2D eigenvalue weighted by molar-refractivity contribution is 0.306. The van der Waals surface area contributed by atoms with Crippen molar-refractivity contribution in [2.75, 3.05) is 6.61 Å². The first-order valence-electron chi connectivity index (χ1n) is 13.7. The van der Waals surface area contributed by atoms with Gasteiger partial charge in [-0.2, -0.15) is 8.42 Å². The first-order chi connectivity index (χ1) is 17.0. The van der Waals surface area contributed by atoms with Gasteiger partial charge in [0.15, 0.2) is 0 Å². The Hall–Kier alpha value is -0.810. The highest BCUT2D eigenvalue weighted by atomic mass is 35.5. The molecule has 0 aliphatic rings. The van der Waals surface area contributed by atoms with Crippen molar-refractivity contribution in [3.05, 3.63) is 40.4 Å². The van der Waals surface area contributed by atoms with Crippen LogP contribution in [0.3, 0.4) is 0 Å². The van der Waals surface area contributed by atoms with Gasteiger partial charge in [-0.3, -0.25) is 4.18 Å². The molecule has 0 bridgehead atoms. The molecule has 0 radical (unpaired) electrons. The second-order valence-electron chi connectivity index (χ2n) is 9.65. The lowest BCUT2D eigenvalue weighted by Gasteiger charge is -2.11. The van der Waals surface area contributed by atoms with E-state index in [4.69, 9.17) is 27.4 Å². The molecule has 0 saturated carbocycles. The van der Waals surface area contributed by atoms with Crippen LogP contribution in [-0.2, 0) is 14.3 Å². The van der Waals surface area contributed by atoms with Crippen LogP contribution in [0, 0.1) is 0 Å². The molecule has 2 rings (SSSR count). The summed E-state index contributed by atoms with van der Waals surface area (Å²) in [5.41, 5.74) is 0. The lowest BCUT2D eigenvalue weighted by atomic mass is 10.0. The fourth-order valence-corrected chi connectivity index (χ4v) is 6.41. The molecule has 198 valence electrons. The molecule has 0 amide bonds. The van der Waals surface area contributed by atoms with E-state index in [1.54, 1.807) is 12.1 Å². The Bertz CT molecular complexity index is 960. The van der Waals surface area contributed by atoms with E-state index < -0.39 is 10.1 Å². The second kappa shape index (κ2) is 17.6. The van der Waals surface area contributed by atoms with Gasteiger partial charge in [-0.1, -0.05) is 157 Å². The van der Waals surface area contributed by atoms with E-state index in [9.17, 15) is 8.42 Å². The summed E-state index contributed by atoms with van der Waals surface area (Å²) in [6.07, 6.45) is 21.9. The highest BCUT2D eigenvalue weighted by molar-refractivity contribution is 7.87. The van der Waals surface area contributed by atoms with Crippen molar-refractivity contribution in [1.29, 1.82) is 0 Å². The minimum Gasteiger partial charge on any atom is -0.266 e. The van der Waals surface area contributed by atoms with Gasteiger partial charge in [0.05, 0.1) is 11.6 Å². The zero-order valence-electron chi connectivity index (χ0n) is 21.5. The maximum atomic E-state index is 12.7. The summed E-state index contributed by atoms with van der Waals surface area (Å²) >= 11 is 12.6. The largest absolute Gasteiger partial charge is 0.298 e. The summed E-state index contributed by atoms with van der Waals surface area (Å²) in [7, 11) is -3.94. The molecule has 0 aromatic heterocycles. The fraction of sp³-hybridized carbons (Fsp3) is 0.655. The Labute approximate surface area is 224 Å². The van der Waals surface area contributed by atoms with Gasteiger partial charge in [0.2, 0.25) is 0 Å². The second-order valence-corrected chi connectivity index (χ2v) is 12.0. The lowest BCUT2D eigenvalue weighted by Crippen LogP contribution is -2.08. The van der Waals surface area contributed by atoms with Gasteiger partial charge >= 0.3 is 0 Å². The van der Waals surface area contributed by atoms with E-state index in [1.165, 1.54) is 96.0 Å². The Kier molecular flexibility index (Phi) is 15.3. The van der Waals surface area contributed by atoms with Gasteiger partial charge in [0.1, 0.15) is 4.90 Å². The first-order valence-corrected chi connectivity index (χ1v) is 15.9. The topological polar surface area (TPSA) is 43.4 Å². The first kappa shape index (κ1) is 30.4. The van der Waals surface area contributed by atoms with Crippen molar-refractivity contribution in [3.63, 3.8) is 0 Å². The van der Waals surface area contributed by atoms with E-state index in [2.05, 4.69) is 6.92 Å². The quantitative estimate of drug-likeness (QED) is 0.123. The zero-order valence-corrected chi connectivity index (χ0v) is 23.8. The molecule has 0 aliphatic carbocycles. The Morgan fingerprint density at radius 1 is 0.657 bits per heavy atom. The number of halogens is 2. The number of hydrogen-bond donors (Lipinski definition) is 0. The summed E-state index contributed by atoms with van der Waals surface area (Å²) in [5, 5.41) is 1.85. The van der Waals surface area contributed by atoms with E-state index in [0.29, 0.717) is 10.4 Å². The number of rotatable bonds is 20. The van der Waals surface area contributed by atoms with E-state index >= 15 is 0 Å². The summed E-state index contributed by atoms with van der Waals surface area (Å²) in [4.78, 5) is -0.0603. The van der Waals surface area contributed by atoms with Crippen LogP contribution in [0.25, 0.3) is 10.8 Å². The van der Waals surface area contributed by atoms with Gasteiger partial charge in [-0.15, -0.1) is 0 Å². The van der Waals surface area contributed by atoms with Crippen LogP contribution >= 0.6 is 23.2 Å². The standard InChI is InChI=1S/C29H44Cl2O3S/c1-2-3-4-5-6-7-8-9-10-11-12-13-14-15-16-17-20-23-34-35(32,33)28-24-27(30)25-21-18-19-22-26(25)29(28)31/h18-19,21-22,24H,2-17,20,23H2,1H3. The zero-order chi connectivity index (χ0) is 25.4. The molecule has 0 N–H and O–H groups in total. The van der Waals surface area contributed by atoms with Gasteiger partial charge < -0.3 is 0 Å². The van der Waals surface area contributed by atoms with Crippen molar-refractivity contribution in [2.24, 2.45) is 0 Å². The van der Waals surface area contributed by atoms with Crippen LogP contribution < -0.4 is 0 Å². The highest BCUT2D eigenvalue weighted by Gasteiger charge is 2.22. The smallest absolute Gasteiger partial charge is 0.266 e. The minimum atomic E-state index is -3.94. The molecule has 0 fully saturated rings. The number of hydrogen-bond acceptors (Lipinski definition) is 3. The van der Waals surface area contributed by atoms with E-state index in [-0.39, 0.29) is 16.5 Å². The molecule has 0 heterocycles. The van der Waals surface area contributed by atoms with Crippen LogP contribution in [0.15, 0.2) is 35.2 Å². The summed E-state index contributed by atoms with van der Waals surface area (Å²) in [6.45, 7) is 2.44. The molecular formula is C29H44Cl2O3S. The molecule has 0 unspecified atom stereocenters. The maximum Gasteiger partial charge on any atom is 0.298 e. The van der Waals surface area contributed by atoms with Crippen molar-refractivity contribution >= 4 is 44.1 Å². The molecule has 35 heavy (non-hydrogen) atoms.